The van der Waals surface area contributed by atoms with Gasteiger partial charge in [-0.15, -0.1) is 0 Å². The van der Waals surface area contributed by atoms with Crippen LogP contribution in [-0.4, -0.2) is 45.2 Å². The van der Waals surface area contributed by atoms with E-state index in [0.717, 1.165) is 26.1 Å². The first-order chi connectivity index (χ1) is 5.81. The van der Waals surface area contributed by atoms with Crippen LogP contribution < -0.4 is 11.1 Å². The van der Waals surface area contributed by atoms with Gasteiger partial charge in [0, 0.05) is 0 Å². The Labute approximate surface area is 76.3 Å². The fourth-order valence-corrected chi connectivity index (χ4v) is 1.16. The smallest absolute Gasteiger partial charge is 0.000977 e. The number of hydrogen-bond donors (Lipinski definition) is 2. The highest BCUT2D eigenvalue weighted by molar-refractivity contribution is 4.53. The summed E-state index contributed by atoms with van der Waals surface area (Å²) in [6, 6.07) is 0. The maximum atomic E-state index is 5.42. The Bertz CT molecular complexity index is 85.8. The summed E-state index contributed by atoms with van der Waals surface area (Å²) in [5.74, 6) is 0. The van der Waals surface area contributed by atoms with Gasteiger partial charge in [-0.05, 0) is 59.5 Å². The first kappa shape index (κ1) is 11.9. The van der Waals surface area contributed by atoms with Gasteiger partial charge in [-0.2, -0.15) is 0 Å². The molecule has 0 spiro atoms. The molecule has 0 saturated carbocycles. The molecule has 0 rings (SSSR count). The molecule has 3 heteroatoms. The van der Waals surface area contributed by atoms with Crippen molar-refractivity contribution in [3.8, 4) is 0 Å². The van der Waals surface area contributed by atoms with Crippen molar-refractivity contribution in [2.45, 2.75) is 19.3 Å². The molecule has 3 nitrogen and oxygen atoms in total. The topological polar surface area (TPSA) is 41.3 Å². The van der Waals surface area contributed by atoms with Crippen molar-refractivity contribution in [2.24, 2.45) is 5.73 Å². The minimum absolute atomic E-state index is 0.806. The van der Waals surface area contributed by atoms with Crippen LogP contribution in [0.15, 0.2) is 0 Å². The standard InChI is InChI=1S/C9H23N3/c1-11-7-3-4-8-12(2)9-5-6-10/h11H,3-10H2,1-2H3. The number of rotatable bonds is 8. The van der Waals surface area contributed by atoms with Crippen LogP contribution in [0.3, 0.4) is 0 Å². The van der Waals surface area contributed by atoms with Crippen molar-refractivity contribution >= 4 is 0 Å². The molecule has 0 saturated heterocycles. The van der Waals surface area contributed by atoms with Gasteiger partial charge in [0.25, 0.3) is 0 Å². The predicted octanol–water partition coefficient (Wildman–Crippen LogP) is 0.267. The van der Waals surface area contributed by atoms with Crippen LogP contribution in [0.4, 0.5) is 0 Å². The van der Waals surface area contributed by atoms with Gasteiger partial charge in [-0.25, -0.2) is 0 Å². The van der Waals surface area contributed by atoms with Gasteiger partial charge < -0.3 is 16.0 Å². The van der Waals surface area contributed by atoms with Crippen molar-refractivity contribution < 1.29 is 0 Å². The van der Waals surface area contributed by atoms with E-state index in [9.17, 15) is 0 Å². The lowest BCUT2D eigenvalue weighted by Crippen LogP contribution is -2.23. The summed E-state index contributed by atoms with van der Waals surface area (Å²) < 4.78 is 0. The number of nitrogens with one attached hydrogen (secondary N) is 1. The minimum Gasteiger partial charge on any atom is -0.330 e. The molecule has 12 heavy (non-hydrogen) atoms. The molecule has 0 heterocycles. The summed E-state index contributed by atoms with van der Waals surface area (Å²) in [5, 5.41) is 3.15. The largest absolute Gasteiger partial charge is 0.330 e. The van der Waals surface area contributed by atoms with Crippen LogP contribution in [0.1, 0.15) is 19.3 Å². The van der Waals surface area contributed by atoms with Crippen LogP contribution >= 0.6 is 0 Å². The second-order valence-corrected chi connectivity index (χ2v) is 3.26. The molecule has 0 atom stereocenters. The first-order valence-electron chi connectivity index (χ1n) is 4.84. The van der Waals surface area contributed by atoms with Crippen LogP contribution in [0.5, 0.6) is 0 Å². The third-order valence-electron chi connectivity index (χ3n) is 1.96. The minimum atomic E-state index is 0.806. The first-order valence-corrected chi connectivity index (χ1v) is 4.84. The highest BCUT2D eigenvalue weighted by Crippen LogP contribution is 1.92. The van der Waals surface area contributed by atoms with Gasteiger partial charge in [0.05, 0.1) is 0 Å². The summed E-state index contributed by atoms with van der Waals surface area (Å²) in [6.07, 6.45) is 3.66. The van der Waals surface area contributed by atoms with Crippen molar-refractivity contribution in [3.05, 3.63) is 0 Å². The van der Waals surface area contributed by atoms with E-state index in [4.69, 9.17) is 5.73 Å². The van der Waals surface area contributed by atoms with Crippen molar-refractivity contribution in [2.75, 3.05) is 40.3 Å². The molecule has 74 valence electrons. The normalized spacial score (nSPS) is 11.0. The highest BCUT2D eigenvalue weighted by Gasteiger charge is 1.95. The molecular weight excluding hydrogens is 150 g/mol. The van der Waals surface area contributed by atoms with Gasteiger partial charge >= 0.3 is 0 Å². The number of unbranched alkanes of at least 4 members (excludes halogenated alkanes) is 1. The molecule has 0 aliphatic carbocycles. The maximum Gasteiger partial charge on any atom is -0.000977 e. The van der Waals surface area contributed by atoms with Crippen molar-refractivity contribution in [1.29, 1.82) is 0 Å². The molecule has 0 aromatic heterocycles. The van der Waals surface area contributed by atoms with Crippen LogP contribution in [0.25, 0.3) is 0 Å². The molecule has 0 aliphatic heterocycles. The van der Waals surface area contributed by atoms with E-state index in [1.165, 1.54) is 19.4 Å². The summed E-state index contributed by atoms with van der Waals surface area (Å²) in [4.78, 5) is 2.35. The van der Waals surface area contributed by atoms with Crippen molar-refractivity contribution in [3.63, 3.8) is 0 Å². The Morgan fingerprint density at radius 3 is 2.42 bits per heavy atom. The van der Waals surface area contributed by atoms with E-state index in [1.54, 1.807) is 0 Å². The Morgan fingerprint density at radius 1 is 1.17 bits per heavy atom. The van der Waals surface area contributed by atoms with Gasteiger partial charge in [0.1, 0.15) is 0 Å². The molecule has 0 aliphatic rings. The fourth-order valence-electron chi connectivity index (χ4n) is 1.16. The van der Waals surface area contributed by atoms with E-state index in [1.807, 2.05) is 7.05 Å². The van der Waals surface area contributed by atoms with E-state index in [-0.39, 0.29) is 0 Å². The zero-order valence-electron chi connectivity index (χ0n) is 8.47. The molecule has 0 unspecified atom stereocenters. The number of nitrogens with zero attached hydrogens (tertiary/aromatic N) is 1. The Kier molecular flexibility index (Phi) is 8.88. The van der Waals surface area contributed by atoms with E-state index < -0.39 is 0 Å². The lowest BCUT2D eigenvalue weighted by Gasteiger charge is -2.15. The van der Waals surface area contributed by atoms with Crippen LogP contribution in [-0.2, 0) is 0 Å². The van der Waals surface area contributed by atoms with Crippen LogP contribution in [0, 0.1) is 0 Å². The summed E-state index contributed by atoms with van der Waals surface area (Å²) in [5.41, 5.74) is 5.42. The molecule has 0 amide bonds. The zero-order valence-corrected chi connectivity index (χ0v) is 8.47. The molecule has 0 bridgehead atoms. The number of hydrogen-bond acceptors (Lipinski definition) is 3. The quantitative estimate of drug-likeness (QED) is 0.518. The van der Waals surface area contributed by atoms with Gasteiger partial charge in [0.15, 0.2) is 0 Å². The Balaban J connectivity index is 3.02. The third-order valence-corrected chi connectivity index (χ3v) is 1.96. The van der Waals surface area contributed by atoms with Crippen LogP contribution in [0.2, 0.25) is 0 Å². The van der Waals surface area contributed by atoms with E-state index >= 15 is 0 Å². The lowest BCUT2D eigenvalue weighted by atomic mass is 10.3. The molecule has 0 radical (unpaired) electrons. The second-order valence-electron chi connectivity index (χ2n) is 3.26. The molecule has 0 fully saturated rings. The van der Waals surface area contributed by atoms with E-state index in [0.29, 0.717) is 0 Å². The van der Waals surface area contributed by atoms with Gasteiger partial charge in [-0.3, -0.25) is 0 Å². The molecule has 0 aromatic carbocycles. The Morgan fingerprint density at radius 2 is 1.83 bits per heavy atom. The second kappa shape index (κ2) is 8.97. The summed E-state index contributed by atoms with van der Waals surface area (Å²) in [7, 11) is 4.16. The Hall–Kier alpha value is -0.120. The summed E-state index contributed by atoms with van der Waals surface area (Å²) in [6.45, 7) is 4.27. The van der Waals surface area contributed by atoms with Crippen molar-refractivity contribution in [1.82, 2.24) is 10.2 Å². The monoisotopic (exact) mass is 173 g/mol. The molecule has 0 aromatic rings. The predicted molar refractivity (Wildman–Crippen MR) is 54.3 cm³/mol. The average molecular weight is 173 g/mol. The fraction of sp³-hybridized carbons (Fsp3) is 1.00. The summed E-state index contributed by atoms with van der Waals surface area (Å²) >= 11 is 0. The van der Waals surface area contributed by atoms with Gasteiger partial charge in [-0.1, -0.05) is 0 Å². The van der Waals surface area contributed by atoms with E-state index in [2.05, 4.69) is 17.3 Å². The third kappa shape index (κ3) is 7.98. The number of nitrogens with two attached hydrogens (primary N) is 1. The molecule has 3 N–H and O–H groups in total. The zero-order chi connectivity index (χ0) is 9.23. The average Bonchev–Trinajstić information content (AvgIpc) is 2.09. The lowest BCUT2D eigenvalue weighted by molar-refractivity contribution is 0.323. The maximum absolute atomic E-state index is 5.42. The molecular formula is C9H23N3. The highest BCUT2D eigenvalue weighted by atomic mass is 15.1. The van der Waals surface area contributed by atoms with Gasteiger partial charge in [0.2, 0.25) is 0 Å². The SMILES string of the molecule is CNCCCCN(C)CCCN.